The van der Waals surface area contributed by atoms with Gasteiger partial charge in [-0.2, -0.15) is 5.10 Å². The standard InChI is InChI=1S/C12H20N2O/c1-10(15)9-11-7-8-14(13-11)12-5-3-2-4-6-12/h7-8,10,12,15H,2-6,9H2,1H3. The zero-order valence-electron chi connectivity index (χ0n) is 9.39. The van der Waals surface area contributed by atoms with Crippen LogP contribution in [-0.4, -0.2) is 21.0 Å². The zero-order valence-corrected chi connectivity index (χ0v) is 9.39. The van der Waals surface area contributed by atoms with E-state index < -0.39 is 0 Å². The summed E-state index contributed by atoms with van der Waals surface area (Å²) in [6, 6.07) is 2.63. The van der Waals surface area contributed by atoms with Gasteiger partial charge in [-0.05, 0) is 25.8 Å². The van der Waals surface area contributed by atoms with E-state index in [1.807, 2.05) is 6.07 Å². The van der Waals surface area contributed by atoms with Crippen LogP contribution in [0, 0.1) is 0 Å². The van der Waals surface area contributed by atoms with E-state index in [9.17, 15) is 5.11 Å². The molecule has 1 atom stereocenters. The van der Waals surface area contributed by atoms with Crippen molar-refractivity contribution in [2.45, 2.75) is 57.6 Å². The van der Waals surface area contributed by atoms with E-state index in [-0.39, 0.29) is 6.10 Å². The minimum atomic E-state index is -0.292. The molecule has 3 heteroatoms. The van der Waals surface area contributed by atoms with Crippen LogP contribution in [0.3, 0.4) is 0 Å². The Morgan fingerprint density at radius 3 is 2.87 bits per heavy atom. The summed E-state index contributed by atoms with van der Waals surface area (Å²) in [6.45, 7) is 1.81. The molecule has 1 heterocycles. The van der Waals surface area contributed by atoms with Crippen LogP contribution in [0.25, 0.3) is 0 Å². The molecule has 0 saturated heterocycles. The molecule has 1 aliphatic rings. The topological polar surface area (TPSA) is 38.0 Å². The summed E-state index contributed by atoms with van der Waals surface area (Å²) >= 11 is 0. The van der Waals surface area contributed by atoms with Crippen molar-refractivity contribution < 1.29 is 5.11 Å². The van der Waals surface area contributed by atoms with Crippen molar-refractivity contribution >= 4 is 0 Å². The second-order valence-electron chi connectivity index (χ2n) is 4.63. The normalized spacial score (nSPS) is 20.4. The zero-order chi connectivity index (χ0) is 10.7. The van der Waals surface area contributed by atoms with E-state index in [0.717, 1.165) is 5.69 Å². The molecule has 0 aliphatic heterocycles. The Morgan fingerprint density at radius 1 is 1.47 bits per heavy atom. The highest BCUT2D eigenvalue weighted by molar-refractivity contribution is 5.01. The lowest BCUT2D eigenvalue weighted by atomic mass is 9.96. The van der Waals surface area contributed by atoms with Crippen LogP contribution in [0.1, 0.15) is 50.8 Å². The van der Waals surface area contributed by atoms with Gasteiger partial charge < -0.3 is 5.11 Å². The third-order valence-corrected chi connectivity index (χ3v) is 3.12. The minimum absolute atomic E-state index is 0.292. The van der Waals surface area contributed by atoms with Crippen molar-refractivity contribution in [3.63, 3.8) is 0 Å². The second-order valence-corrected chi connectivity index (χ2v) is 4.63. The monoisotopic (exact) mass is 208 g/mol. The maximum atomic E-state index is 9.28. The fourth-order valence-electron chi connectivity index (χ4n) is 2.34. The third-order valence-electron chi connectivity index (χ3n) is 3.12. The Labute approximate surface area is 91.1 Å². The molecule has 1 aromatic rings. The van der Waals surface area contributed by atoms with Crippen LogP contribution in [-0.2, 0) is 6.42 Å². The summed E-state index contributed by atoms with van der Waals surface area (Å²) in [6.07, 6.45) is 8.99. The Balaban J connectivity index is 1.99. The molecular weight excluding hydrogens is 188 g/mol. The molecule has 2 rings (SSSR count). The quantitative estimate of drug-likeness (QED) is 0.827. The largest absolute Gasteiger partial charge is 0.393 e. The van der Waals surface area contributed by atoms with Gasteiger partial charge >= 0.3 is 0 Å². The van der Waals surface area contributed by atoms with Gasteiger partial charge in [-0.1, -0.05) is 19.3 Å². The van der Waals surface area contributed by atoms with Gasteiger partial charge in [-0.3, -0.25) is 4.68 Å². The van der Waals surface area contributed by atoms with Crippen LogP contribution in [0.5, 0.6) is 0 Å². The summed E-state index contributed by atoms with van der Waals surface area (Å²) in [5.41, 5.74) is 1.01. The van der Waals surface area contributed by atoms with Gasteiger partial charge in [0.15, 0.2) is 0 Å². The molecule has 1 aliphatic carbocycles. The first-order valence-corrected chi connectivity index (χ1v) is 5.98. The average molecular weight is 208 g/mol. The molecule has 0 amide bonds. The van der Waals surface area contributed by atoms with Gasteiger partial charge in [0.2, 0.25) is 0 Å². The molecule has 1 N–H and O–H groups in total. The van der Waals surface area contributed by atoms with Crippen LogP contribution in [0.4, 0.5) is 0 Å². The molecule has 0 radical (unpaired) electrons. The van der Waals surface area contributed by atoms with Gasteiger partial charge in [-0.25, -0.2) is 0 Å². The fraction of sp³-hybridized carbons (Fsp3) is 0.750. The van der Waals surface area contributed by atoms with E-state index in [2.05, 4.69) is 16.0 Å². The van der Waals surface area contributed by atoms with Crippen molar-refractivity contribution in [3.05, 3.63) is 18.0 Å². The summed E-state index contributed by atoms with van der Waals surface area (Å²) in [5.74, 6) is 0. The maximum absolute atomic E-state index is 9.28. The highest BCUT2D eigenvalue weighted by atomic mass is 16.3. The summed E-state index contributed by atoms with van der Waals surface area (Å²) in [4.78, 5) is 0. The SMILES string of the molecule is CC(O)Cc1ccn(C2CCCCC2)n1. The molecule has 1 fully saturated rings. The summed E-state index contributed by atoms with van der Waals surface area (Å²) in [5, 5.41) is 13.8. The van der Waals surface area contributed by atoms with Crippen LogP contribution < -0.4 is 0 Å². The van der Waals surface area contributed by atoms with Gasteiger partial charge in [0.25, 0.3) is 0 Å². The third kappa shape index (κ3) is 2.81. The second kappa shape index (κ2) is 4.79. The first kappa shape index (κ1) is 10.7. The van der Waals surface area contributed by atoms with Crippen molar-refractivity contribution in [1.29, 1.82) is 0 Å². The Kier molecular flexibility index (Phi) is 3.41. The van der Waals surface area contributed by atoms with E-state index in [0.29, 0.717) is 12.5 Å². The number of nitrogens with zero attached hydrogens (tertiary/aromatic N) is 2. The molecule has 1 aromatic heterocycles. The van der Waals surface area contributed by atoms with Gasteiger partial charge in [0.1, 0.15) is 0 Å². The lowest BCUT2D eigenvalue weighted by Gasteiger charge is -2.21. The Hall–Kier alpha value is -0.830. The van der Waals surface area contributed by atoms with E-state index in [1.54, 1.807) is 6.92 Å². The molecule has 0 aromatic carbocycles. The molecule has 84 valence electrons. The molecule has 3 nitrogen and oxygen atoms in total. The summed E-state index contributed by atoms with van der Waals surface area (Å²) in [7, 11) is 0. The number of aromatic nitrogens is 2. The van der Waals surface area contributed by atoms with Crippen molar-refractivity contribution in [3.8, 4) is 0 Å². The molecule has 1 unspecified atom stereocenters. The highest BCUT2D eigenvalue weighted by Gasteiger charge is 2.16. The van der Waals surface area contributed by atoms with Gasteiger partial charge in [-0.15, -0.1) is 0 Å². The highest BCUT2D eigenvalue weighted by Crippen LogP contribution is 2.27. The molecule has 0 bridgehead atoms. The Morgan fingerprint density at radius 2 is 2.20 bits per heavy atom. The molecular formula is C12H20N2O. The van der Waals surface area contributed by atoms with Gasteiger partial charge in [0, 0.05) is 12.6 Å². The number of aliphatic hydroxyl groups is 1. The predicted molar refractivity (Wildman–Crippen MR) is 59.7 cm³/mol. The van der Waals surface area contributed by atoms with Crippen molar-refractivity contribution in [1.82, 2.24) is 9.78 Å². The minimum Gasteiger partial charge on any atom is -0.393 e. The molecule has 1 saturated carbocycles. The van der Waals surface area contributed by atoms with E-state index in [4.69, 9.17) is 0 Å². The van der Waals surface area contributed by atoms with E-state index in [1.165, 1.54) is 32.1 Å². The van der Waals surface area contributed by atoms with Crippen LogP contribution in [0.2, 0.25) is 0 Å². The Bertz CT molecular complexity index is 300. The fourth-order valence-corrected chi connectivity index (χ4v) is 2.34. The predicted octanol–water partition coefficient (Wildman–Crippen LogP) is 2.31. The van der Waals surface area contributed by atoms with Gasteiger partial charge in [0.05, 0.1) is 17.8 Å². The smallest absolute Gasteiger partial charge is 0.0650 e. The summed E-state index contributed by atoms with van der Waals surface area (Å²) < 4.78 is 2.09. The maximum Gasteiger partial charge on any atom is 0.0650 e. The lowest BCUT2D eigenvalue weighted by Crippen LogP contribution is -2.14. The van der Waals surface area contributed by atoms with Crippen molar-refractivity contribution in [2.75, 3.05) is 0 Å². The lowest BCUT2D eigenvalue weighted by molar-refractivity contribution is 0.193. The number of hydrogen-bond donors (Lipinski definition) is 1. The van der Waals surface area contributed by atoms with Crippen LogP contribution >= 0.6 is 0 Å². The molecule has 15 heavy (non-hydrogen) atoms. The first-order chi connectivity index (χ1) is 7.25. The van der Waals surface area contributed by atoms with Crippen LogP contribution in [0.15, 0.2) is 12.3 Å². The van der Waals surface area contributed by atoms with Crippen molar-refractivity contribution in [2.24, 2.45) is 0 Å². The average Bonchev–Trinajstić information content (AvgIpc) is 2.67. The number of hydrogen-bond acceptors (Lipinski definition) is 2. The molecule has 0 spiro atoms. The number of rotatable bonds is 3. The first-order valence-electron chi connectivity index (χ1n) is 5.98. The van der Waals surface area contributed by atoms with E-state index >= 15 is 0 Å². The number of aliphatic hydroxyl groups excluding tert-OH is 1.